The molecule has 72 valence electrons. The summed E-state index contributed by atoms with van der Waals surface area (Å²) in [6.07, 6.45) is 3.79. The molecule has 2 aliphatic heterocycles. The minimum atomic E-state index is 0.335. The van der Waals surface area contributed by atoms with Gasteiger partial charge < -0.3 is 9.64 Å². The number of piperidine rings is 1. The van der Waals surface area contributed by atoms with Gasteiger partial charge >= 0.3 is 0 Å². The minimum Gasteiger partial charge on any atom is -0.376 e. The highest BCUT2D eigenvalue weighted by atomic mass is 16.5. The number of carbonyl (C=O) groups excluding carboxylic acids is 1. The maximum atomic E-state index is 11.6. The Hall–Kier alpha value is -0.570. The number of likely N-dealkylation sites (tertiary alicyclic amines) is 1. The van der Waals surface area contributed by atoms with E-state index in [0.717, 1.165) is 32.5 Å². The monoisotopic (exact) mass is 181 g/mol. The second-order valence-electron chi connectivity index (χ2n) is 4.48. The lowest BCUT2D eigenvalue weighted by Crippen LogP contribution is -2.35. The van der Waals surface area contributed by atoms with Crippen molar-refractivity contribution >= 4 is 5.91 Å². The quantitative estimate of drug-likeness (QED) is 0.625. The van der Waals surface area contributed by atoms with Gasteiger partial charge in [-0.2, -0.15) is 0 Å². The second-order valence-corrected chi connectivity index (χ2v) is 4.48. The van der Waals surface area contributed by atoms with Crippen molar-refractivity contribution in [3.05, 3.63) is 0 Å². The molecule has 3 fully saturated rings. The van der Waals surface area contributed by atoms with Gasteiger partial charge in [-0.05, 0) is 25.2 Å². The summed E-state index contributed by atoms with van der Waals surface area (Å²) in [5.74, 6) is 1.50. The van der Waals surface area contributed by atoms with E-state index in [0.29, 0.717) is 23.8 Å². The Bertz CT molecular complexity index is 235. The highest BCUT2D eigenvalue weighted by Gasteiger charge is 2.52. The fourth-order valence-corrected chi connectivity index (χ4v) is 2.56. The molecule has 3 aliphatic rings. The number of amides is 1. The zero-order valence-corrected chi connectivity index (χ0v) is 7.74. The first-order valence-corrected chi connectivity index (χ1v) is 5.25. The van der Waals surface area contributed by atoms with Crippen LogP contribution in [0.2, 0.25) is 0 Å². The number of hydrogen-bond donors (Lipinski definition) is 0. The molecule has 3 rings (SSSR count). The average Bonchev–Trinajstić information content (AvgIpc) is 2.55. The van der Waals surface area contributed by atoms with Crippen LogP contribution in [0, 0.1) is 11.8 Å². The highest BCUT2D eigenvalue weighted by molar-refractivity contribution is 5.84. The van der Waals surface area contributed by atoms with Gasteiger partial charge in [0.05, 0.1) is 6.10 Å². The fraction of sp³-hybridized carbons (Fsp3) is 0.900. The van der Waals surface area contributed by atoms with Gasteiger partial charge in [0.15, 0.2) is 0 Å². The summed E-state index contributed by atoms with van der Waals surface area (Å²) >= 11 is 0. The van der Waals surface area contributed by atoms with Crippen molar-refractivity contribution in [2.24, 2.45) is 11.8 Å². The van der Waals surface area contributed by atoms with E-state index in [1.54, 1.807) is 0 Å². The maximum absolute atomic E-state index is 11.6. The zero-order chi connectivity index (χ0) is 8.84. The molecule has 2 heterocycles. The molecule has 3 atom stereocenters. The number of fused-ring (bicyclic) bond motifs is 1. The van der Waals surface area contributed by atoms with Crippen molar-refractivity contribution in [1.82, 2.24) is 4.90 Å². The van der Waals surface area contributed by atoms with Gasteiger partial charge in [-0.1, -0.05) is 0 Å². The second kappa shape index (κ2) is 2.71. The number of hydrogen-bond acceptors (Lipinski definition) is 2. The molecule has 0 aromatic carbocycles. The first kappa shape index (κ1) is 7.80. The van der Waals surface area contributed by atoms with Gasteiger partial charge in [-0.15, -0.1) is 0 Å². The zero-order valence-electron chi connectivity index (χ0n) is 7.74. The summed E-state index contributed by atoms with van der Waals surface area (Å²) in [6, 6.07) is 0. The third-order valence-electron chi connectivity index (χ3n) is 3.45. The molecule has 0 bridgehead atoms. The van der Waals surface area contributed by atoms with E-state index in [-0.39, 0.29) is 0 Å². The van der Waals surface area contributed by atoms with E-state index in [1.165, 1.54) is 6.42 Å². The predicted octanol–water partition coefficient (Wildman–Crippen LogP) is 0.644. The number of ether oxygens (including phenoxy) is 1. The van der Waals surface area contributed by atoms with Crippen LogP contribution in [0.4, 0.5) is 0 Å². The molecule has 0 radical (unpaired) electrons. The molecule has 13 heavy (non-hydrogen) atoms. The lowest BCUT2D eigenvalue weighted by Gasteiger charge is -2.21. The summed E-state index contributed by atoms with van der Waals surface area (Å²) in [5.41, 5.74) is 0. The van der Waals surface area contributed by atoms with Crippen LogP contribution < -0.4 is 0 Å². The van der Waals surface area contributed by atoms with Gasteiger partial charge in [0.25, 0.3) is 0 Å². The fourth-order valence-electron chi connectivity index (χ4n) is 2.56. The van der Waals surface area contributed by atoms with E-state index in [1.807, 2.05) is 4.90 Å². The molecular weight excluding hydrogens is 166 g/mol. The molecule has 3 heteroatoms. The van der Waals surface area contributed by atoms with E-state index in [9.17, 15) is 4.79 Å². The Balaban J connectivity index is 1.58. The SMILES string of the molecule is O=C1C2CC2CN1CC1CCCO1. The standard InChI is InChI=1S/C10H15NO2/c12-10-9-4-7(9)5-11(10)6-8-2-1-3-13-8/h7-9H,1-6H2. The van der Waals surface area contributed by atoms with Crippen LogP contribution in [0.15, 0.2) is 0 Å². The molecule has 3 nitrogen and oxygen atoms in total. The van der Waals surface area contributed by atoms with Gasteiger partial charge in [-0.3, -0.25) is 4.79 Å². The van der Waals surface area contributed by atoms with Crippen LogP contribution in [-0.2, 0) is 9.53 Å². The van der Waals surface area contributed by atoms with E-state index in [2.05, 4.69) is 0 Å². The van der Waals surface area contributed by atoms with Crippen LogP contribution in [0.25, 0.3) is 0 Å². The molecule has 1 aliphatic carbocycles. The Kier molecular flexibility index (Phi) is 1.62. The first-order chi connectivity index (χ1) is 6.34. The lowest BCUT2D eigenvalue weighted by molar-refractivity contribution is -0.131. The van der Waals surface area contributed by atoms with Gasteiger partial charge in [-0.25, -0.2) is 0 Å². The average molecular weight is 181 g/mol. The molecule has 1 saturated carbocycles. The van der Waals surface area contributed by atoms with Crippen LogP contribution in [-0.4, -0.2) is 36.6 Å². The van der Waals surface area contributed by atoms with Crippen molar-refractivity contribution in [2.45, 2.75) is 25.4 Å². The van der Waals surface area contributed by atoms with Crippen molar-refractivity contribution in [2.75, 3.05) is 19.7 Å². The van der Waals surface area contributed by atoms with E-state index in [4.69, 9.17) is 4.74 Å². The molecule has 1 amide bonds. The molecule has 3 unspecified atom stereocenters. The van der Waals surface area contributed by atoms with Crippen molar-refractivity contribution in [3.8, 4) is 0 Å². The number of carbonyl (C=O) groups is 1. The first-order valence-electron chi connectivity index (χ1n) is 5.25. The van der Waals surface area contributed by atoms with Crippen LogP contribution in [0.5, 0.6) is 0 Å². The third kappa shape index (κ3) is 1.26. The molecule has 0 spiro atoms. The normalized spacial score (nSPS) is 42.6. The molecular formula is C10H15NO2. The summed E-state index contributed by atoms with van der Waals surface area (Å²) in [7, 11) is 0. The Morgan fingerprint density at radius 1 is 1.54 bits per heavy atom. The summed E-state index contributed by atoms with van der Waals surface area (Å²) in [5, 5.41) is 0. The number of rotatable bonds is 2. The Morgan fingerprint density at radius 2 is 2.46 bits per heavy atom. The van der Waals surface area contributed by atoms with Crippen molar-refractivity contribution < 1.29 is 9.53 Å². The topological polar surface area (TPSA) is 29.5 Å². The summed E-state index contributed by atoms with van der Waals surface area (Å²) < 4.78 is 5.52. The predicted molar refractivity (Wildman–Crippen MR) is 47.2 cm³/mol. The van der Waals surface area contributed by atoms with Crippen LogP contribution >= 0.6 is 0 Å². The van der Waals surface area contributed by atoms with Crippen molar-refractivity contribution in [3.63, 3.8) is 0 Å². The van der Waals surface area contributed by atoms with Crippen LogP contribution in [0.3, 0.4) is 0 Å². The lowest BCUT2D eigenvalue weighted by atomic mass is 10.2. The highest BCUT2D eigenvalue weighted by Crippen LogP contribution is 2.46. The largest absolute Gasteiger partial charge is 0.376 e. The molecule has 0 aromatic heterocycles. The van der Waals surface area contributed by atoms with E-state index < -0.39 is 0 Å². The van der Waals surface area contributed by atoms with Crippen LogP contribution in [0.1, 0.15) is 19.3 Å². The van der Waals surface area contributed by atoms with Gasteiger partial charge in [0.2, 0.25) is 5.91 Å². The summed E-state index contributed by atoms with van der Waals surface area (Å²) in [6.45, 7) is 2.74. The van der Waals surface area contributed by atoms with Crippen molar-refractivity contribution in [1.29, 1.82) is 0 Å². The Labute approximate surface area is 78.0 Å². The minimum absolute atomic E-state index is 0.335. The van der Waals surface area contributed by atoms with Gasteiger partial charge in [0.1, 0.15) is 0 Å². The number of nitrogens with zero attached hydrogens (tertiary/aromatic N) is 1. The molecule has 0 N–H and O–H groups in total. The third-order valence-corrected chi connectivity index (χ3v) is 3.45. The molecule has 0 aromatic rings. The molecule has 2 saturated heterocycles. The Morgan fingerprint density at radius 3 is 3.08 bits per heavy atom. The maximum Gasteiger partial charge on any atom is 0.226 e. The summed E-state index contributed by atoms with van der Waals surface area (Å²) in [4.78, 5) is 13.6. The van der Waals surface area contributed by atoms with Gasteiger partial charge in [0, 0.05) is 25.6 Å². The smallest absolute Gasteiger partial charge is 0.226 e. The van der Waals surface area contributed by atoms with E-state index >= 15 is 0 Å².